The van der Waals surface area contributed by atoms with Gasteiger partial charge >= 0.3 is 47.8 Å². The molecule has 4 fully saturated rings. The maximum Gasteiger partial charge on any atom is 0.367 e. The Morgan fingerprint density at radius 3 is 1.77 bits per heavy atom. The molecular weight excluding hydrogens is 1210 g/mol. The van der Waals surface area contributed by atoms with Gasteiger partial charge in [0.05, 0.1) is 51.9 Å². The van der Waals surface area contributed by atoms with Crippen molar-refractivity contribution in [1.82, 2.24) is 10.6 Å². The minimum Gasteiger partial charge on any atom is -0.465 e. The Labute approximate surface area is 521 Å². The number of cyclic esters (lactones) is 1. The second-order valence-electron chi connectivity index (χ2n) is 23.2. The standard InChI is InChI=1S/C60H82N2O27Si/c1-32(63)61-47-43(81-36(5)67)26-60(88-52(47)50(83-38(7)69)45(82-37(6)68)30-77-34(3)65)58(73)79-31-46(86-60)51(84-39(8)70)53-48(62-33(2)64)42(80-35(4)66)25-59(87-53,57(72)74-9)89-54-49(71)44(29-75-27-40-19-15-13-16-20-40)85-56(76-23-24-90(10,11)12)55(54)78-28-41-21-17-14-18-22-41/h13-22,42-56,71H,23-31H2,1-12H3,(H,61,63)(H,62,64)/t42-,43-,44+,45+,46+,47+,48+,49-,50+,51+,52+,53+,54-,55+,56+,59+,60+/m0/s1. The van der Waals surface area contributed by atoms with Crippen LogP contribution in [0.2, 0.25) is 25.7 Å². The number of aliphatic hydroxyl groups is 1. The van der Waals surface area contributed by atoms with Crippen LogP contribution in [0.3, 0.4) is 0 Å². The van der Waals surface area contributed by atoms with Crippen LogP contribution in [-0.2, 0) is 137 Å². The van der Waals surface area contributed by atoms with E-state index < -0.39 is 197 Å². The van der Waals surface area contributed by atoms with Crippen molar-refractivity contribution in [3.8, 4) is 0 Å². The summed E-state index contributed by atoms with van der Waals surface area (Å²) in [7, 11) is -0.830. The highest BCUT2D eigenvalue weighted by Crippen LogP contribution is 2.44. The normalized spacial score (nSPS) is 29.3. The summed E-state index contributed by atoms with van der Waals surface area (Å²) in [5.41, 5.74) is 1.44. The zero-order valence-corrected chi connectivity index (χ0v) is 53.4. The van der Waals surface area contributed by atoms with Crippen LogP contribution < -0.4 is 10.6 Å². The summed E-state index contributed by atoms with van der Waals surface area (Å²) in [5.74, 6) is -16.1. The lowest BCUT2D eigenvalue weighted by Crippen LogP contribution is -2.73. The zero-order chi connectivity index (χ0) is 66.3. The van der Waals surface area contributed by atoms with Crippen LogP contribution in [0.25, 0.3) is 0 Å². The van der Waals surface area contributed by atoms with Crippen molar-refractivity contribution in [3.05, 3.63) is 71.8 Å². The third kappa shape index (κ3) is 20.0. The van der Waals surface area contributed by atoms with E-state index >= 15 is 4.79 Å². The summed E-state index contributed by atoms with van der Waals surface area (Å²) < 4.78 is 97.9. The minimum atomic E-state index is -2.91. The molecule has 1 spiro atoms. The van der Waals surface area contributed by atoms with Crippen molar-refractivity contribution < 1.29 is 129 Å². The second kappa shape index (κ2) is 32.3. The first-order valence-electron chi connectivity index (χ1n) is 29.2. The molecule has 6 rings (SSSR count). The summed E-state index contributed by atoms with van der Waals surface area (Å²) in [6.45, 7) is 12.6. The number of benzene rings is 2. The fourth-order valence-corrected chi connectivity index (χ4v) is 11.5. The molecule has 90 heavy (non-hydrogen) atoms. The number of hydrogen-bond donors (Lipinski definition) is 3. The highest BCUT2D eigenvalue weighted by Gasteiger charge is 2.66. The number of aliphatic hydroxyl groups excluding tert-OH is 1. The maximum absolute atomic E-state index is 15.1. The van der Waals surface area contributed by atoms with Crippen LogP contribution >= 0.6 is 0 Å². The molecule has 2 amide bonds. The summed E-state index contributed by atoms with van der Waals surface area (Å²) in [6.07, 6.45) is -24.5. The summed E-state index contributed by atoms with van der Waals surface area (Å²) in [5, 5.41) is 17.9. The van der Waals surface area contributed by atoms with Crippen molar-refractivity contribution >= 4 is 67.6 Å². The molecule has 4 aliphatic heterocycles. The molecule has 29 nitrogen and oxygen atoms in total. The van der Waals surface area contributed by atoms with Gasteiger partial charge in [-0.1, -0.05) is 80.3 Å². The Balaban J connectivity index is 1.53. The van der Waals surface area contributed by atoms with E-state index in [-0.39, 0.29) is 26.4 Å². The summed E-state index contributed by atoms with van der Waals surface area (Å²) in [6, 6.07) is 15.4. The quantitative estimate of drug-likeness (QED) is 0.0653. The predicted molar refractivity (Wildman–Crippen MR) is 307 cm³/mol. The highest BCUT2D eigenvalue weighted by molar-refractivity contribution is 6.76. The predicted octanol–water partition coefficient (Wildman–Crippen LogP) is 1.93. The van der Waals surface area contributed by atoms with Gasteiger partial charge in [0, 0.05) is 70.1 Å². The number of rotatable bonds is 27. The molecule has 0 unspecified atom stereocenters. The van der Waals surface area contributed by atoms with Gasteiger partial charge in [-0.3, -0.25) is 38.4 Å². The molecule has 30 heteroatoms. The van der Waals surface area contributed by atoms with E-state index in [2.05, 4.69) is 30.3 Å². The lowest BCUT2D eigenvalue weighted by Gasteiger charge is -2.53. The Morgan fingerprint density at radius 1 is 0.667 bits per heavy atom. The monoisotopic (exact) mass is 1290 g/mol. The number of ether oxygens (including phenoxy) is 16. The van der Waals surface area contributed by atoms with Crippen LogP contribution in [-0.4, -0.2) is 209 Å². The van der Waals surface area contributed by atoms with Gasteiger partial charge < -0.3 is 91.5 Å². The van der Waals surface area contributed by atoms with E-state index in [9.17, 15) is 48.3 Å². The van der Waals surface area contributed by atoms with Gasteiger partial charge in [0.15, 0.2) is 24.6 Å². The molecule has 4 heterocycles. The average Bonchev–Trinajstić information content (AvgIpc) is 0.747. The summed E-state index contributed by atoms with van der Waals surface area (Å²) >= 11 is 0. The maximum atomic E-state index is 15.1. The number of methoxy groups -OCH3 is 1. The van der Waals surface area contributed by atoms with E-state index in [1.54, 1.807) is 30.3 Å². The Morgan fingerprint density at radius 2 is 1.23 bits per heavy atom. The van der Waals surface area contributed by atoms with Crippen molar-refractivity contribution in [2.75, 3.05) is 33.5 Å². The zero-order valence-electron chi connectivity index (χ0n) is 52.4. The van der Waals surface area contributed by atoms with Crippen LogP contribution in [0.15, 0.2) is 60.7 Å². The fraction of sp³-hybridized carbons (Fsp3) is 0.633. The van der Waals surface area contributed by atoms with Gasteiger partial charge in [0.2, 0.25) is 11.8 Å². The lowest BCUT2D eigenvalue weighted by atomic mass is 9.86. The molecule has 2 aromatic rings. The summed E-state index contributed by atoms with van der Waals surface area (Å²) in [4.78, 5) is 134. The van der Waals surface area contributed by atoms with Gasteiger partial charge in [0.1, 0.15) is 68.1 Å². The average molecular weight is 1290 g/mol. The van der Waals surface area contributed by atoms with Crippen LogP contribution in [0, 0.1) is 0 Å². The van der Waals surface area contributed by atoms with Crippen LogP contribution in [0.4, 0.5) is 0 Å². The number of hydrogen-bond acceptors (Lipinski definition) is 27. The molecular formula is C60H82N2O27Si. The SMILES string of the molecule is COC(=O)[C@]1(O[C@H]2[C@@H](O)[C@@H](COCc3ccccc3)O[C@@H](OCC[Si](C)(C)C)[C@@H]2OCc2ccccc2)C[C@H](OC(C)=O)[C@@H](NC(C)=O)[C@H]([C@H](OC(C)=O)[C@H]2COC(=O)[C@]3(C[C@H](OC(C)=O)[C@@H](NC(C)=O)[C@H]([C@H](OC(C)=O)[C@@H](COC(C)=O)OC(C)=O)O3)O2)O1. The molecule has 17 atom stereocenters. The molecule has 2 aromatic carbocycles. The molecule has 0 saturated carbocycles. The lowest BCUT2D eigenvalue weighted by molar-refractivity contribution is -0.382. The number of esters is 8. The first-order chi connectivity index (χ1) is 42.4. The van der Waals surface area contributed by atoms with Gasteiger partial charge in [0.25, 0.3) is 11.6 Å². The van der Waals surface area contributed by atoms with Crippen molar-refractivity contribution in [1.29, 1.82) is 0 Å². The molecule has 4 aliphatic rings. The topological polar surface area (TPSA) is 363 Å². The highest BCUT2D eigenvalue weighted by atomic mass is 28.3. The number of carbonyl (C=O) groups is 10. The first kappa shape index (κ1) is 72.1. The van der Waals surface area contributed by atoms with Crippen molar-refractivity contribution in [2.24, 2.45) is 0 Å². The molecule has 0 radical (unpaired) electrons. The first-order valence-corrected chi connectivity index (χ1v) is 32.9. The van der Waals surface area contributed by atoms with E-state index in [0.717, 1.165) is 68.1 Å². The molecule has 0 aromatic heterocycles. The van der Waals surface area contributed by atoms with E-state index in [4.69, 9.17) is 75.8 Å². The van der Waals surface area contributed by atoms with Gasteiger partial charge in [-0.15, -0.1) is 0 Å². The molecule has 3 N–H and O–H groups in total. The molecule has 0 bridgehead atoms. The largest absolute Gasteiger partial charge is 0.465 e. The third-order valence-electron chi connectivity index (χ3n) is 14.5. The van der Waals surface area contributed by atoms with Crippen LogP contribution in [0.1, 0.15) is 79.4 Å². The van der Waals surface area contributed by atoms with E-state index in [1.165, 1.54) is 0 Å². The van der Waals surface area contributed by atoms with Gasteiger partial charge in [-0.25, -0.2) is 9.59 Å². The van der Waals surface area contributed by atoms with Crippen LogP contribution in [0.5, 0.6) is 0 Å². The third-order valence-corrected chi connectivity index (χ3v) is 16.2. The molecule has 498 valence electrons. The second-order valence-corrected chi connectivity index (χ2v) is 28.9. The van der Waals surface area contributed by atoms with E-state index in [0.29, 0.717) is 11.6 Å². The van der Waals surface area contributed by atoms with Crippen molar-refractivity contribution in [3.63, 3.8) is 0 Å². The molecule has 0 aliphatic carbocycles. The number of carbonyl (C=O) groups excluding carboxylic acids is 10. The van der Waals surface area contributed by atoms with Gasteiger partial charge in [-0.05, 0) is 17.2 Å². The molecule has 4 saturated heterocycles. The Hall–Kier alpha value is -7.00. The fourth-order valence-electron chi connectivity index (χ4n) is 10.8. The number of nitrogens with one attached hydrogen (secondary N) is 2. The minimum absolute atomic E-state index is 0.0700. The van der Waals surface area contributed by atoms with Gasteiger partial charge in [-0.2, -0.15) is 0 Å². The van der Waals surface area contributed by atoms with E-state index in [1.807, 2.05) is 30.3 Å². The van der Waals surface area contributed by atoms with Crippen molar-refractivity contribution in [2.45, 2.75) is 210 Å². The Bertz CT molecular complexity index is 2820. The smallest absolute Gasteiger partial charge is 0.367 e. The number of amides is 2. The Kier molecular flexibility index (Phi) is 25.9.